The second-order valence-electron chi connectivity index (χ2n) is 15.7. The summed E-state index contributed by atoms with van der Waals surface area (Å²) >= 11 is 0. The Morgan fingerprint density at radius 3 is 1.29 bits per heavy atom. The van der Waals surface area contributed by atoms with Crippen LogP contribution in [0.2, 0.25) is 0 Å². The van der Waals surface area contributed by atoms with E-state index in [1.54, 1.807) is 0 Å². The molecule has 0 rings (SSSR count). The Kier molecular flexibility index (Phi) is 33.0. The minimum Gasteiger partial charge on any atom is -0.396 e. The van der Waals surface area contributed by atoms with E-state index < -0.39 is 11.0 Å². The highest BCUT2D eigenvalue weighted by Crippen LogP contribution is 2.40. The van der Waals surface area contributed by atoms with Crippen LogP contribution in [-0.2, 0) is 9.59 Å². The summed E-state index contributed by atoms with van der Waals surface area (Å²) in [6.45, 7) is 8.57. The van der Waals surface area contributed by atoms with E-state index >= 15 is 0 Å². The minimum atomic E-state index is -0.859. The topological polar surface area (TPSA) is 80.4 Å². The maximum atomic E-state index is 13.7. The first kappa shape index (κ1) is 47.7. The maximum Gasteiger partial charge on any atom is 0.141 e. The van der Waals surface area contributed by atoms with Crippen molar-refractivity contribution in [3.8, 4) is 0 Å². The predicted molar refractivity (Wildman–Crippen MR) is 215 cm³/mol. The van der Waals surface area contributed by atoms with Crippen molar-refractivity contribution in [3.63, 3.8) is 0 Å². The number of aliphatic hydroxyl groups is 1. The van der Waals surface area contributed by atoms with Crippen LogP contribution >= 0.6 is 0 Å². The number of rotatable bonds is 38. The number of hydrogen-bond donors (Lipinski definition) is 2. The van der Waals surface area contributed by atoms with E-state index in [-0.39, 0.29) is 24.6 Å². The molecule has 2 atom stereocenters. The average molecular weight is 688 g/mol. The Hall–Kier alpha value is -1.26. The van der Waals surface area contributed by atoms with Gasteiger partial charge in [-0.25, -0.2) is 0 Å². The summed E-state index contributed by atoms with van der Waals surface area (Å²) in [5, 5.41) is 9.32. The molecule has 4 heteroatoms. The van der Waals surface area contributed by atoms with Gasteiger partial charge in [0, 0.05) is 31.4 Å². The van der Waals surface area contributed by atoms with Gasteiger partial charge in [-0.15, -0.1) is 0 Å². The number of ketones is 2. The lowest BCUT2D eigenvalue weighted by atomic mass is 9.63. The highest BCUT2D eigenvalue weighted by molar-refractivity contribution is 5.92. The normalized spacial score (nSPS) is 14.5. The molecule has 0 saturated heterocycles. The van der Waals surface area contributed by atoms with Crippen molar-refractivity contribution in [3.05, 3.63) is 24.3 Å². The molecule has 0 bridgehead atoms. The van der Waals surface area contributed by atoms with Crippen LogP contribution in [0, 0.1) is 5.41 Å². The van der Waals surface area contributed by atoms with Gasteiger partial charge in [0.2, 0.25) is 0 Å². The van der Waals surface area contributed by atoms with E-state index in [4.69, 9.17) is 5.73 Å². The molecule has 0 amide bonds. The fourth-order valence-corrected chi connectivity index (χ4v) is 7.01. The second kappa shape index (κ2) is 33.9. The van der Waals surface area contributed by atoms with Crippen molar-refractivity contribution in [2.24, 2.45) is 11.1 Å². The number of allylic oxidation sites excluding steroid dienone is 4. The lowest BCUT2D eigenvalue weighted by Gasteiger charge is -2.43. The third-order valence-electron chi connectivity index (χ3n) is 10.9. The smallest absolute Gasteiger partial charge is 0.141 e. The Balaban J connectivity index is 4.39. The number of nitrogens with two attached hydrogens (primary N) is 1. The fraction of sp³-hybridized carbons (Fsp3) is 0.867. The number of carbonyl (C=O) groups is 2. The van der Waals surface area contributed by atoms with Crippen molar-refractivity contribution >= 4 is 11.6 Å². The highest BCUT2D eigenvalue weighted by atomic mass is 16.3. The summed E-state index contributed by atoms with van der Waals surface area (Å²) in [6.07, 6.45) is 44.9. The summed E-state index contributed by atoms with van der Waals surface area (Å²) in [4.78, 5) is 27.0. The van der Waals surface area contributed by atoms with Crippen LogP contribution in [0.25, 0.3) is 0 Å². The van der Waals surface area contributed by atoms with E-state index in [9.17, 15) is 14.7 Å². The molecule has 0 aromatic carbocycles. The van der Waals surface area contributed by atoms with E-state index in [0.717, 1.165) is 51.4 Å². The summed E-state index contributed by atoms with van der Waals surface area (Å²) in [5.74, 6) is 0.328. The molecule has 2 unspecified atom stereocenters. The van der Waals surface area contributed by atoms with Gasteiger partial charge in [0.1, 0.15) is 11.6 Å². The molecule has 49 heavy (non-hydrogen) atoms. The Morgan fingerprint density at radius 1 is 0.510 bits per heavy atom. The van der Waals surface area contributed by atoms with Crippen LogP contribution in [0.1, 0.15) is 233 Å². The van der Waals surface area contributed by atoms with Crippen molar-refractivity contribution in [1.29, 1.82) is 0 Å². The number of carbonyl (C=O) groups excluding carboxylic acids is 2. The standard InChI is InChI=1S/C45H85NO3/c1-5-7-9-11-13-15-17-19-21-23-25-27-29-31-33-37-42(48)41-44(3,45(4,46)39-35-36-40-47)43(49)38-34-32-30-28-26-24-22-20-18-16-14-12-10-8-6-2/h19-22,47H,5-18,23-41,46H2,1-4H3/b21-19-,22-20-. The molecule has 3 N–H and O–H groups in total. The van der Waals surface area contributed by atoms with Crippen molar-refractivity contribution in [2.45, 2.75) is 239 Å². The fourth-order valence-electron chi connectivity index (χ4n) is 7.01. The molecular formula is C45H85NO3. The first-order valence-corrected chi connectivity index (χ1v) is 21.5. The zero-order valence-electron chi connectivity index (χ0n) is 33.5. The predicted octanol–water partition coefficient (Wildman–Crippen LogP) is 13.5. The molecule has 0 fully saturated rings. The first-order valence-electron chi connectivity index (χ1n) is 21.5. The lowest BCUT2D eigenvalue weighted by Crippen LogP contribution is -2.56. The summed E-state index contributed by atoms with van der Waals surface area (Å²) < 4.78 is 0. The van der Waals surface area contributed by atoms with Crippen LogP contribution in [0.5, 0.6) is 0 Å². The zero-order chi connectivity index (χ0) is 36.3. The zero-order valence-corrected chi connectivity index (χ0v) is 33.5. The monoisotopic (exact) mass is 688 g/mol. The van der Waals surface area contributed by atoms with E-state index in [1.165, 1.54) is 122 Å². The largest absolute Gasteiger partial charge is 0.396 e. The van der Waals surface area contributed by atoms with Gasteiger partial charge < -0.3 is 10.8 Å². The molecule has 0 heterocycles. The van der Waals surface area contributed by atoms with Gasteiger partial charge in [-0.05, 0) is 90.4 Å². The molecule has 0 saturated carbocycles. The van der Waals surface area contributed by atoms with Crippen LogP contribution < -0.4 is 5.73 Å². The molecule has 4 nitrogen and oxygen atoms in total. The van der Waals surface area contributed by atoms with Gasteiger partial charge in [0.15, 0.2) is 0 Å². The van der Waals surface area contributed by atoms with Gasteiger partial charge in [0.05, 0.1) is 5.41 Å². The molecule has 0 aliphatic rings. The van der Waals surface area contributed by atoms with Crippen LogP contribution in [0.3, 0.4) is 0 Å². The number of hydrogen-bond acceptors (Lipinski definition) is 4. The quantitative estimate of drug-likeness (QED) is 0.0500. The first-order chi connectivity index (χ1) is 23.7. The molecule has 0 aliphatic heterocycles. The van der Waals surface area contributed by atoms with Gasteiger partial charge in [-0.3, -0.25) is 9.59 Å². The molecule has 0 spiro atoms. The van der Waals surface area contributed by atoms with E-state index in [0.29, 0.717) is 25.7 Å². The summed E-state index contributed by atoms with van der Waals surface area (Å²) in [5.41, 5.74) is 5.24. The maximum absolute atomic E-state index is 13.7. The molecule has 0 aromatic heterocycles. The number of aliphatic hydroxyl groups excluding tert-OH is 1. The second-order valence-corrected chi connectivity index (χ2v) is 15.7. The van der Waals surface area contributed by atoms with Crippen LogP contribution in [-0.4, -0.2) is 28.8 Å². The van der Waals surface area contributed by atoms with Crippen molar-refractivity contribution < 1.29 is 14.7 Å². The van der Waals surface area contributed by atoms with E-state index in [2.05, 4.69) is 38.2 Å². The lowest BCUT2D eigenvalue weighted by molar-refractivity contribution is -0.137. The average Bonchev–Trinajstić information content (AvgIpc) is 3.08. The minimum absolute atomic E-state index is 0.129. The van der Waals surface area contributed by atoms with Gasteiger partial charge in [0.25, 0.3) is 0 Å². The van der Waals surface area contributed by atoms with E-state index in [1.807, 2.05) is 13.8 Å². The van der Waals surface area contributed by atoms with Crippen molar-refractivity contribution in [1.82, 2.24) is 0 Å². The molecule has 0 aliphatic carbocycles. The summed E-state index contributed by atoms with van der Waals surface area (Å²) in [7, 11) is 0. The molecular weight excluding hydrogens is 602 g/mol. The highest BCUT2D eigenvalue weighted by Gasteiger charge is 2.47. The van der Waals surface area contributed by atoms with Crippen LogP contribution in [0.15, 0.2) is 24.3 Å². The number of Topliss-reactive ketones (excluding diaryl/α,β-unsaturated/α-hetero) is 2. The van der Waals surface area contributed by atoms with Gasteiger partial charge >= 0.3 is 0 Å². The molecule has 288 valence electrons. The molecule has 0 radical (unpaired) electrons. The van der Waals surface area contributed by atoms with Gasteiger partial charge in [-0.1, -0.05) is 148 Å². The Bertz CT molecular complexity index is 816. The Labute approximate surface area is 306 Å². The molecule has 0 aromatic rings. The van der Waals surface area contributed by atoms with Crippen LogP contribution in [0.4, 0.5) is 0 Å². The third-order valence-corrected chi connectivity index (χ3v) is 10.9. The number of unbranched alkanes of at least 4 members (excludes halogenated alkanes) is 23. The van der Waals surface area contributed by atoms with Gasteiger partial charge in [-0.2, -0.15) is 0 Å². The van der Waals surface area contributed by atoms with Crippen molar-refractivity contribution in [2.75, 3.05) is 6.61 Å². The Morgan fingerprint density at radius 2 is 0.878 bits per heavy atom. The summed E-state index contributed by atoms with van der Waals surface area (Å²) in [6, 6.07) is 0. The third kappa shape index (κ3) is 27.1. The SMILES string of the molecule is CCCCCCCC/C=C\CCCCCCCC(=O)CC(C)(C(=O)CCCCCCC/C=C\CCCCCCCC)C(C)(N)CCCCO.